The average Bonchev–Trinajstić information content (AvgIpc) is 2.80. The fourth-order valence-electron chi connectivity index (χ4n) is 2.89. The Bertz CT molecular complexity index is 627. The molecule has 0 bridgehead atoms. The quantitative estimate of drug-likeness (QED) is 0.453. The molecule has 0 aliphatic carbocycles. The predicted molar refractivity (Wildman–Crippen MR) is 89.9 cm³/mol. The minimum Gasteiger partial charge on any atom is -0.336 e. The molecule has 1 amide bonds. The van der Waals surface area contributed by atoms with Crippen LogP contribution in [0.2, 0.25) is 5.02 Å². The molecule has 0 aromatic heterocycles. The highest BCUT2D eigenvalue weighted by atomic mass is 35.5. The van der Waals surface area contributed by atoms with Crippen molar-refractivity contribution in [3.05, 3.63) is 41.9 Å². The van der Waals surface area contributed by atoms with Crippen molar-refractivity contribution in [3.8, 4) is 0 Å². The molecule has 1 aromatic carbocycles. The highest BCUT2D eigenvalue weighted by Crippen LogP contribution is 2.39. The molecule has 1 aliphatic heterocycles. The Morgan fingerprint density at radius 3 is 2.61 bits per heavy atom. The van der Waals surface area contributed by atoms with Crippen LogP contribution in [0.1, 0.15) is 13.8 Å². The molecular formula is C17H20ClN3O2. The van der Waals surface area contributed by atoms with Crippen LogP contribution in [0.3, 0.4) is 0 Å². The summed E-state index contributed by atoms with van der Waals surface area (Å²) in [5.41, 5.74) is -0.571. The first kappa shape index (κ1) is 17.3. The van der Waals surface area contributed by atoms with E-state index in [0.717, 1.165) is 6.29 Å². The van der Waals surface area contributed by atoms with Gasteiger partial charge in [-0.15, -0.1) is 6.58 Å². The Kier molecular flexibility index (Phi) is 5.31. The Hall–Kier alpha value is -2.01. The molecule has 1 aromatic rings. The van der Waals surface area contributed by atoms with E-state index in [2.05, 4.69) is 16.8 Å². The molecular weight excluding hydrogens is 314 g/mol. The Morgan fingerprint density at radius 1 is 1.43 bits per heavy atom. The van der Waals surface area contributed by atoms with Gasteiger partial charge in [-0.25, -0.2) is 0 Å². The first-order chi connectivity index (χ1) is 11.0. The van der Waals surface area contributed by atoms with Crippen LogP contribution in [0.5, 0.6) is 0 Å². The zero-order chi connectivity index (χ0) is 17.0. The number of rotatable bonds is 6. The minimum atomic E-state index is -1.16. The Morgan fingerprint density at radius 2 is 2.09 bits per heavy atom. The van der Waals surface area contributed by atoms with Gasteiger partial charge in [0, 0.05) is 18.1 Å². The Balaban J connectivity index is 2.41. The smallest absolute Gasteiger partial charge is 0.253 e. The van der Waals surface area contributed by atoms with Gasteiger partial charge in [0.15, 0.2) is 5.54 Å². The zero-order valence-corrected chi connectivity index (χ0v) is 14.0. The van der Waals surface area contributed by atoms with Gasteiger partial charge in [0.1, 0.15) is 6.29 Å². The molecule has 1 saturated heterocycles. The van der Waals surface area contributed by atoms with Gasteiger partial charge < -0.3 is 9.69 Å². The van der Waals surface area contributed by atoms with Crippen molar-refractivity contribution in [3.63, 3.8) is 0 Å². The number of azo groups is 1. The van der Waals surface area contributed by atoms with E-state index in [1.165, 1.54) is 0 Å². The van der Waals surface area contributed by atoms with Gasteiger partial charge >= 0.3 is 0 Å². The summed E-state index contributed by atoms with van der Waals surface area (Å²) in [5, 5.41) is 9.14. The van der Waals surface area contributed by atoms with Gasteiger partial charge in [0.25, 0.3) is 5.91 Å². The van der Waals surface area contributed by atoms with Crippen molar-refractivity contribution < 1.29 is 9.59 Å². The van der Waals surface area contributed by atoms with E-state index in [9.17, 15) is 9.59 Å². The first-order valence-electron chi connectivity index (χ1n) is 7.49. The lowest BCUT2D eigenvalue weighted by molar-refractivity contribution is -0.134. The molecule has 122 valence electrons. The molecule has 2 unspecified atom stereocenters. The predicted octanol–water partition coefficient (Wildman–Crippen LogP) is 3.66. The van der Waals surface area contributed by atoms with Crippen molar-refractivity contribution >= 4 is 29.5 Å². The van der Waals surface area contributed by atoms with Gasteiger partial charge in [0.2, 0.25) is 0 Å². The van der Waals surface area contributed by atoms with E-state index in [0.29, 0.717) is 23.8 Å². The number of hydrogen-bond donors (Lipinski definition) is 0. The summed E-state index contributed by atoms with van der Waals surface area (Å²) in [6, 6.07) is 6.85. The molecule has 0 radical (unpaired) electrons. The summed E-state index contributed by atoms with van der Waals surface area (Å²) in [7, 11) is 0. The molecule has 0 saturated carbocycles. The number of likely N-dealkylation sites (tertiary alicyclic amines) is 1. The SMILES string of the molecule is C=CCN1CC(C=O)C(N=Nc2ccc(Cl)cc2)(C(C)C)C1=O. The normalized spacial score (nSPS) is 24.6. The fraction of sp³-hybridized carbons (Fsp3) is 0.412. The number of aldehydes is 1. The van der Waals surface area contributed by atoms with Gasteiger partial charge in [-0.2, -0.15) is 10.2 Å². The van der Waals surface area contributed by atoms with E-state index in [1.807, 2.05) is 13.8 Å². The number of nitrogens with zero attached hydrogens (tertiary/aromatic N) is 3. The van der Waals surface area contributed by atoms with Crippen molar-refractivity contribution in [1.82, 2.24) is 4.90 Å². The second-order valence-electron chi connectivity index (χ2n) is 5.90. The van der Waals surface area contributed by atoms with Gasteiger partial charge in [-0.05, 0) is 30.2 Å². The summed E-state index contributed by atoms with van der Waals surface area (Å²) in [6.45, 7) is 8.15. The summed E-state index contributed by atoms with van der Waals surface area (Å²) in [5.74, 6) is -0.857. The summed E-state index contributed by atoms with van der Waals surface area (Å²) >= 11 is 5.85. The van der Waals surface area contributed by atoms with Crippen LogP contribution in [0.4, 0.5) is 5.69 Å². The topological polar surface area (TPSA) is 62.1 Å². The van der Waals surface area contributed by atoms with E-state index in [4.69, 9.17) is 11.6 Å². The van der Waals surface area contributed by atoms with E-state index < -0.39 is 11.5 Å². The molecule has 1 aliphatic rings. The molecule has 6 heteroatoms. The van der Waals surface area contributed by atoms with Crippen molar-refractivity contribution in [2.24, 2.45) is 22.1 Å². The first-order valence-corrected chi connectivity index (χ1v) is 7.87. The average molecular weight is 334 g/mol. The number of benzene rings is 1. The van der Waals surface area contributed by atoms with E-state index >= 15 is 0 Å². The van der Waals surface area contributed by atoms with Gasteiger partial charge in [-0.1, -0.05) is 31.5 Å². The lowest BCUT2D eigenvalue weighted by atomic mass is 9.78. The number of hydrogen-bond acceptors (Lipinski definition) is 4. The highest BCUT2D eigenvalue weighted by Gasteiger charge is 2.56. The van der Waals surface area contributed by atoms with E-state index in [-0.39, 0.29) is 11.8 Å². The van der Waals surface area contributed by atoms with Crippen molar-refractivity contribution in [1.29, 1.82) is 0 Å². The fourth-order valence-corrected chi connectivity index (χ4v) is 3.01. The highest BCUT2D eigenvalue weighted by molar-refractivity contribution is 6.30. The molecule has 2 rings (SSSR count). The molecule has 1 fully saturated rings. The maximum atomic E-state index is 12.8. The molecule has 0 spiro atoms. The van der Waals surface area contributed by atoms with Crippen LogP contribution in [0.25, 0.3) is 0 Å². The van der Waals surface area contributed by atoms with Crippen LogP contribution in [0, 0.1) is 11.8 Å². The van der Waals surface area contributed by atoms with Gasteiger partial charge in [0.05, 0.1) is 11.6 Å². The summed E-state index contributed by atoms with van der Waals surface area (Å²) in [4.78, 5) is 26.0. The van der Waals surface area contributed by atoms with Crippen LogP contribution >= 0.6 is 11.6 Å². The second-order valence-corrected chi connectivity index (χ2v) is 6.33. The summed E-state index contributed by atoms with van der Waals surface area (Å²) in [6.07, 6.45) is 2.45. The monoisotopic (exact) mass is 333 g/mol. The second kappa shape index (κ2) is 7.04. The van der Waals surface area contributed by atoms with Crippen LogP contribution in [-0.4, -0.2) is 35.7 Å². The molecule has 2 atom stereocenters. The molecule has 5 nitrogen and oxygen atoms in total. The standard InChI is InChI=1S/C17H20ClN3O2/c1-4-9-21-10-13(11-22)17(12(2)3,16(21)23)20-19-15-7-5-14(18)6-8-15/h4-8,11-13H,1,9-10H2,2-3H3. The number of halogens is 1. The van der Waals surface area contributed by atoms with Gasteiger partial charge in [-0.3, -0.25) is 4.79 Å². The zero-order valence-electron chi connectivity index (χ0n) is 13.3. The lowest BCUT2D eigenvalue weighted by Crippen LogP contribution is -2.46. The maximum Gasteiger partial charge on any atom is 0.253 e. The van der Waals surface area contributed by atoms with Crippen molar-refractivity contribution in [2.45, 2.75) is 19.4 Å². The third-order valence-electron chi connectivity index (χ3n) is 4.16. The third-order valence-corrected chi connectivity index (χ3v) is 4.42. The third kappa shape index (κ3) is 3.20. The van der Waals surface area contributed by atoms with E-state index in [1.54, 1.807) is 35.2 Å². The maximum absolute atomic E-state index is 12.8. The van der Waals surface area contributed by atoms with Crippen LogP contribution in [-0.2, 0) is 9.59 Å². The molecule has 23 heavy (non-hydrogen) atoms. The molecule has 1 heterocycles. The minimum absolute atomic E-state index is 0.156. The number of amides is 1. The Labute approximate surface area is 141 Å². The number of carbonyl (C=O) groups excluding carboxylic acids is 2. The lowest BCUT2D eigenvalue weighted by Gasteiger charge is -2.28. The number of carbonyl (C=O) groups is 2. The van der Waals surface area contributed by atoms with Crippen LogP contribution in [0.15, 0.2) is 47.1 Å². The summed E-state index contributed by atoms with van der Waals surface area (Å²) < 4.78 is 0. The van der Waals surface area contributed by atoms with Crippen LogP contribution < -0.4 is 0 Å². The van der Waals surface area contributed by atoms with Crippen molar-refractivity contribution in [2.75, 3.05) is 13.1 Å². The largest absolute Gasteiger partial charge is 0.336 e. The molecule has 0 N–H and O–H groups in total.